The second-order valence-corrected chi connectivity index (χ2v) is 5.31. The van der Waals surface area contributed by atoms with Crippen molar-refractivity contribution in [3.05, 3.63) is 41.5 Å². The first-order valence-electron chi connectivity index (χ1n) is 5.47. The lowest BCUT2D eigenvalue weighted by atomic mass is 10.1. The normalized spacial score (nSPS) is 11.8. The molecular formula is C14H17BrO2. The maximum Gasteiger partial charge on any atom is 0.331 e. The second kappa shape index (κ2) is 6.01. The summed E-state index contributed by atoms with van der Waals surface area (Å²) >= 11 is 3.40. The Morgan fingerprint density at radius 2 is 2.12 bits per heavy atom. The smallest absolute Gasteiger partial charge is 0.331 e. The van der Waals surface area contributed by atoms with Crippen LogP contribution in [0.25, 0.3) is 6.08 Å². The molecule has 92 valence electrons. The molecule has 3 heteroatoms. The zero-order chi connectivity index (χ0) is 12.9. The number of benzene rings is 1. The van der Waals surface area contributed by atoms with E-state index < -0.39 is 5.60 Å². The fourth-order valence-corrected chi connectivity index (χ4v) is 1.63. The highest BCUT2D eigenvalue weighted by Gasteiger charge is 2.13. The van der Waals surface area contributed by atoms with Crippen LogP contribution in [0.2, 0.25) is 0 Å². The highest BCUT2D eigenvalue weighted by Crippen LogP contribution is 2.11. The molecule has 1 aromatic rings. The van der Waals surface area contributed by atoms with Gasteiger partial charge in [0.1, 0.15) is 5.60 Å². The van der Waals surface area contributed by atoms with Gasteiger partial charge in [-0.25, -0.2) is 4.79 Å². The first-order valence-corrected chi connectivity index (χ1v) is 6.59. The van der Waals surface area contributed by atoms with Crippen molar-refractivity contribution in [3.63, 3.8) is 0 Å². The quantitative estimate of drug-likeness (QED) is 0.480. The Hall–Kier alpha value is -1.09. The highest BCUT2D eigenvalue weighted by molar-refractivity contribution is 9.08. The molecule has 17 heavy (non-hydrogen) atoms. The zero-order valence-corrected chi connectivity index (χ0v) is 12.0. The fourth-order valence-electron chi connectivity index (χ4n) is 1.28. The van der Waals surface area contributed by atoms with Gasteiger partial charge in [-0.2, -0.15) is 0 Å². The first kappa shape index (κ1) is 14.0. The van der Waals surface area contributed by atoms with Crippen LogP contribution >= 0.6 is 15.9 Å². The van der Waals surface area contributed by atoms with Crippen molar-refractivity contribution >= 4 is 28.0 Å². The van der Waals surface area contributed by atoms with Crippen LogP contribution in [0.1, 0.15) is 31.9 Å². The van der Waals surface area contributed by atoms with Crippen LogP contribution in [-0.2, 0) is 14.9 Å². The summed E-state index contributed by atoms with van der Waals surface area (Å²) in [6.45, 7) is 5.55. The minimum Gasteiger partial charge on any atom is -0.457 e. The third-order valence-corrected chi connectivity index (χ3v) is 2.57. The van der Waals surface area contributed by atoms with E-state index in [1.54, 1.807) is 6.08 Å². The molecule has 2 nitrogen and oxygen atoms in total. The lowest BCUT2D eigenvalue weighted by Crippen LogP contribution is -2.22. The molecule has 0 aliphatic carbocycles. The van der Waals surface area contributed by atoms with E-state index in [1.165, 1.54) is 11.6 Å². The van der Waals surface area contributed by atoms with Crippen molar-refractivity contribution < 1.29 is 9.53 Å². The maximum absolute atomic E-state index is 11.5. The topological polar surface area (TPSA) is 26.3 Å². The van der Waals surface area contributed by atoms with Gasteiger partial charge in [0.2, 0.25) is 0 Å². The molecule has 0 heterocycles. The number of rotatable bonds is 3. The van der Waals surface area contributed by atoms with Crippen molar-refractivity contribution in [3.8, 4) is 0 Å². The summed E-state index contributed by atoms with van der Waals surface area (Å²) in [6, 6.07) is 7.97. The van der Waals surface area contributed by atoms with Crippen molar-refractivity contribution in [2.24, 2.45) is 0 Å². The summed E-state index contributed by atoms with van der Waals surface area (Å²) in [5.41, 5.74) is 1.73. The Morgan fingerprint density at radius 3 is 2.71 bits per heavy atom. The summed E-state index contributed by atoms with van der Waals surface area (Å²) in [6.07, 6.45) is 3.22. The van der Waals surface area contributed by atoms with Crippen LogP contribution in [-0.4, -0.2) is 11.6 Å². The van der Waals surface area contributed by atoms with Crippen LogP contribution in [0.3, 0.4) is 0 Å². The Kier molecular flexibility index (Phi) is 4.94. The number of halogens is 1. The molecular weight excluding hydrogens is 280 g/mol. The van der Waals surface area contributed by atoms with Crippen molar-refractivity contribution in [1.82, 2.24) is 0 Å². The predicted octanol–water partition coefficient (Wildman–Crippen LogP) is 3.94. The molecule has 0 aliphatic rings. The molecule has 0 bridgehead atoms. The molecule has 0 amide bonds. The minimum atomic E-state index is -0.445. The van der Waals surface area contributed by atoms with Gasteiger partial charge >= 0.3 is 5.97 Å². The van der Waals surface area contributed by atoms with E-state index in [1.807, 2.05) is 45.0 Å². The Bertz CT molecular complexity index is 416. The third kappa shape index (κ3) is 5.68. The van der Waals surface area contributed by atoms with Crippen LogP contribution < -0.4 is 0 Å². The summed E-state index contributed by atoms with van der Waals surface area (Å²) in [4.78, 5) is 11.5. The second-order valence-electron chi connectivity index (χ2n) is 4.75. The molecule has 0 atom stereocenters. The Balaban J connectivity index is 2.67. The standard InChI is InChI=1S/C14H17BrO2/c1-14(2,3)17-13(16)8-7-11-5-4-6-12(9-11)10-15/h4-9H,10H2,1-3H3. The third-order valence-electron chi connectivity index (χ3n) is 1.92. The number of hydrogen-bond acceptors (Lipinski definition) is 2. The highest BCUT2D eigenvalue weighted by atomic mass is 79.9. The molecule has 0 radical (unpaired) electrons. The SMILES string of the molecule is CC(C)(C)OC(=O)C=Cc1cccc(CBr)c1. The maximum atomic E-state index is 11.5. The number of carbonyl (C=O) groups excluding carboxylic acids is 1. The van der Waals surface area contributed by atoms with Gasteiger partial charge in [-0.15, -0.1) is 0 Å². The summed E-state index contributed by atoms with van der Waals surface area (Å²) < 4.78 is 5.18. The lowest BCUT2D eigenvalue weighted by Gasteiger charge is -2.17. The Morgan fingerprint density at radius 1 is 1.41 bits per heavy atom. The number of alkyl halides is 1. The van der Waals surface area contributed by atoms with Crippen LogP contribution in [0.4, 0.5) is 0 Å². The monoisotopic (exact) mass is 296 g/mol. The average molecular weight is 297 g/mol. The van der Waals surface area contributed by atoms with E-state index in [0.717, 1.165) is 10.9 Å². The minimum absolute atomic E-state index is 0.318. The van der Waals surface area contributed by atoms with E-state index in [0.29, 0.717) is 0 Å². The number of carbonyl (C=O) groups is 1. The van der Waals surface area contributed by atoms with E-state index in [9.17, 15) is 4.79 Å². The molecule has 0 aromatic heterocycles. The molecule has 0 aliphatic heterocycles. The summed E-state index contributed by atoms with van der Waals surface area (Å²) in [7, 11) is 0. The summed E-state index contributed by atoms with van der Waals surface area (Å²) in [5, 5.41) is 0.807. The van der Waals surface area contributed by atoms with Crippen LogP contribution in [0.15, 0.2) is 30.3 Å². The number of hydrogen-bond donors (Lipinski definition) is 0. The van der Waals surface area contributed by atoms with Gasteiger partial charge in [0.15, 0.2) is 0 Å². The van der Waals surface area contributed by atoms with Crippen molar-refractivity contribution in [2.75, 3.05) is 0 Å². The molecule has 1 aromatic carbocycles. The number of esters is 1. The molecule has 0 saturated heterocycles. The fraction of sp³-hybridized carbons (Fsp3) is 0.357. The van der Waals surface area contributed by atoms with Gasteiger partial charge in [0.05, 0.1) is 0 Å². The number of ether oxygens (including phenoxy) is 1. The van der Waals surface area contributed by atoms with Gasteiger partial charge < -0.3 is 4.74 Å². The van der Waals surface area contributed by atoms with E-state index in [2.05, 4.69) is 15.9 Å². The molecule has 0 unspecified atom stereocenters. The van der Waals surface area contributed by atoms with Crippen LogP contribution in [0.5, 0.6) is 0 Å². The van der Waals surface area contributed by atoms with Gasteiger partial charge in [0.25, 0.3) is 0 Å². The van der Waals surface area contributed by atoms with Gasteiger partial charge in [-0.1, -0.05) is 40.2 Å². The Labute approximate surface area is 111 Å². The van der Waals surface area contributed by atoms with E-state index in [-0.39, 0.29) is 5.97 Å². The first-order chi connectivity index (χ1) is 7.90. The van der Waals surface area contributed by atoms with Gasteiger partial charge in [0, 0.05) is 11.4 Å². The van der Waals surface area contributed by atoms with Crippen molar-refractivity contribution in [2.45, 2.75) is 31.7 Å². The molecule has 0 saturated carbocycles. The lowest BCUT2D eigenvalue weighted by molar-refractivity contribution is -0.148. The summed E-state index contributed by atoms with van der Waals surface area (Å²) in [5.74, 6) is -0.318. The predicted molar refractivity (Wildman–Crippen MR) is 74.0 cm³/mol. The van der Waals surface area contributed by atoms with Gasteiger partial charge in [-0.3, -0.25) is 0 Å². The van der Waals surface area contributed by atoms with Crippen LogP contribution in [0, 0.1) is 0 Å². The molecule has 0 N–H and O–H groups in total. The molecule has 1 rings (SSSR count). The van der Waals surface area contributed by atoms with Crippen molar-refractivity contribution in [1.29, 1.82) is 0 Å². The van der Waals surface area contributed by atoms with Gasteiger partial charge in [-0.05, 0) is 38.0 Å². The average Bonchev–Trinajstić information content (AvgIpc) is 2.24. The largest absolute Gasteiger partial charge is 0.457 e. The molecule has 0 spiro atoms. The van der Waals surface area contributed by atoms with E-state index >= 15 is 0 Å². The zero-order valence-electron chi connectivity index (χ0n) is 10.4. The molecule has 0 fully saturated rings. The van der Waals surface area contributed by atoms with E-state index in [4.69, 9.17) is 4.74 Å².